The molecular formula is C23H31N3O6S2. The van der Waals surface area contributed by atoms with Gasteiger partial charge in [0.05, 0.1) is 23.4 Å². The van der Waals surface area contributed by atoms with E-state index in [-0.39, 0.29) is 18.0 Å². The molecule has 2 aromatic carbocycles. The average Bonchev–Trinajstić information content (AvgIpc) is 3.32. The largest absolute Gasteiger partial charge is 0.492 e. The van der Waals surface area contributed by atoms with Gasteiger partial charge in [-0.3, -0.25) is 9.10 Å². The Bertz CT molecular complexity index is 1210. The molecular weight excluding hydrogens is 478 g/mol. The van der Waals surface area contributed by atoms with E-state index in [4.69, 9.17) is 4.74 Å². The molecule has 1 atom stereocenters. The Kier molecular flexibility index (Phi) is 8.21. The van der Waals surface area contributed by atoms with Gasteiger partial charge in [0.25, 0.3) is 0 Å². The van der Waals surface area contributed by atoms with Gasteiger partial charge in [0.2, 0.25) is 26.0 Å². The first kappa shape index (κ1) is 26.0. The Balaban J connectivity index is 1.54. The first-order chi connectivity index (χ1) is 16.0. The van der Waals surface area contributed by atoms with Crippen molar-refractivity contribution in [1.82, 2.24) is 9.62 Å². The third-order valence-electron chi connectivity index (χ3n) is 5.54. The lowest BCUT2D eigenvalue weighted by Crippen LogP contribution is -2.48. The Hall–Kier alpha value is -2.63. The maximum Gasteiger partial charge on any atom is 0.243 e. The summed E-state index contributed by atoms with van der Waals surface area (Å²) in [6.45, 7) is 4.75. The van der Waals surface area contributed by atoms with E-state index in [0.29, 0.717) is 24.5 Å². The van der Waals surface area contributed by atoms with Crippen molar-refractivity contribution in [3.05, 3.63) is 54.1 Å². The second kappa shape index (κ2) is 10.7. The quantitative estimate of drug-likeness (QED) is 0.491. The molecule has 9 nitrogen and oxygen atoms in total. The molecule has 1 amide bonds. The average molecular weight is 510 g/mol. The molecule has 0 spiro atoms. The van der Waals surface area contributed by atoms with Gasteiger partial charge in [-0.15, -0.1) is 0 Å². The highest BCUT2D eigenvalue weighted by atomic mass is 32.2. The first-order valence-corrected chi connectivity index (χ1v) is 14.4. The summed E-state index contributed by atoms with van der Waals surface area (Å²) < 4.78 is 58.1. The summed E-state index contributed by atoms with van der Waals surface area (Å²) in [7, 11) is -7.17. The molecule has 1 N–H and O–H groups in total. The SMILES string of the molecule is Cc1cccc(N([C@@H](C)C(=O)NCCOc2ccc(S(=O)(=O)N3CCCC3)cc2)S(C)(=O)=O)c1. The van der Waals surface area contributed by atoms with Gasteiger partial charge in [-0.05, 0) is 68.7 Å². The molecule has 3 rings (SSSR count). The minimum atomic E-state index is -3.69. The Morgan fingerprint density at radius 1 is 1.09 bits per heavy atom. The molecule has 1 saturated heterocycles. The minimum absolute atomic E-state index is 0.139. The Labute approximate surface area is 201 Å². The maximum absolute atomic E-state index is 12.6. The number of anilines is 1. The molecule has 1 fully saturated rings. The molecule has 186 valence electrons. The number of nitrogens with zero attached hydrogens (tertiary/aromatic N) is 2. The third-order valence-corrected chi connectivity index (χ3v) is 8.70. The van der Waals surface area contributed by atoms with Crippen molar-refractivity contribution in [3.8, 4) is 5.75 Å². The highest BCUT2D eigenvalue weighted by Crippen LogP contribution is 2.23. The van der Waals surface area contributed by atoms with E-state index in [9.17, 15) is 21.6 Å². The molecule has 0 saturated carbocycles. The number of rotatable bonds is 10. The predicted octanol–water partition coefficient (Wildman–Crippen LogP) is 2.13. The van der Waals surface area contributed by atoms with Crippen LogP contribution in [0.15, 0.2) is 53.4 Å². The van der Waals surface area contributed by atoms with Crippen LogP contribution in [0.5, 0.6) is 5.75 Å². The lowest BCUT2D eigenvalue weighted by Gasteiger charge is -2.28. The number of hydrogen-bond acceptors (Lipinski definition) is 6. The monoisotopic (exact) mass is 509 g/mol. The number of aryl methyl sites for hydroxylation is 1. The topological polar surface area (TPSA) is 113 Å². The lowest BCUT2D eigenvalue weighted by molar-refractivity contribution is -0.121. The summed E-state index contributed by atoms with van der Waals surface area (Å²) in [6, 6.07) is 12.2. The highest BCUT2D eigenvalue weighted by molar-refractivity contribution is 7.92. The number of nitrogens with one attached hydrogen (secondary N) is 1. The summed E-state index contributed by atoms with van der Waals surface area (Å²) in [5.41, 5.74) is 1.30. The fraction of sp³-hybridized carbons (Fsp3) is 0.435. The van der Waals surface area contributed by atoms with E-state index in [1.807, 2.05) is 13.0 Å². The van der Waals surface area contributed by atoms with Gasteiger partial charge in [-0.25, -0.2) is 16.8 Å². The van der Waals surface area contributed by atoms with Crippen LogP contribution >= 0.6 is 0 Å². The van der Waals surface area contributed by atoms with Gasteiger partial charge in [0.15, 0.2) is 0 Å². The number of carbonyl (C=O) groups excluding carboxylic acids is 1. The van der Waals surface area contributed by atoms with Crippen molar-refractivity contribution >= 4 is 31.6 Å². The van der Waals surface area contributed by atoms with E-state index in [2.05, 4.69) is 5.32 Å². The van der Waals surface area contributed by atoms with Crippen molar-refractivity contribution in [2.24, 2.45) is 0 Å². The summed E-state index contributed by atoms with van der Waals surface area (Å²) in [6.07, 6.45) is 2.81. The number of amides is 1. The zero-order valence-corrected chi connectivity index (χ0v) is 21.2. The van der Waals surface area contributed by atoms with Gasteiger partial charge in [0.1, 0.15) is 18.4 Å². The fourth-order valence-electron chi connectivity index (χ4n) is 3.85. The standard InChI is InChI=1S/C23H31N3O6S2/c1-18-7-6-8-20(17-18)26(33(3,28)29)19(2)23(27)24-13-16-32-21-9-11-22(12-10-21)34(30,31)25-14-4-5-15-25/h6-12,17,19H,4-5,13-16H2,1-3H3,(H,24,27)/t19-/m0/s1. The number of hydrogen-bond donors (Lipinski definition) is 1. The fourth-order valence-corrected chi connectivity index (χ4v) is 6.53. The van der Waals surface area contributed by atoms with Gasteiger partial charge >= 0.3 is 0 Å². The second-order valence-corrected chi connectivity index (χ2v) is 12.1. The summed E-state index contributed by atoms with van der Waals surface area (Å²) in [4.78, 5) is 12.9. The number of sulfonamides is 2. The van der Waals surface area contributed by atoms with Gasteiger partial charge in [-0.2, -0.15) is 4.31 Å². The van der Waals surface area contributed by atoms with Crippen LogP contribution in [0, 0.1) is 6.92 Å². The van der Waals surface area contributed by atoms with Gasteiger partial charge < -0.3 is 10.1 Å². The normalized spacial score (nSPS) is 15.6. The molecule has 0 bridgehead atoms. The van der Waals surface area contributed by atoms with Crippen LogP contribution in [0.4, 0.5) is 5.69 Å². The molecule has 1 aliphatic rings. The molecule has 1 heterocycles. The molecule has 34 heavy (non-hydrogen) atoms. The number of carbonyl (C=O) groups is 1. The van der Waals surface area contributed by atoms with Crippen molar-refractivity contribution in [2.45, 2.75) is 37.6 Å². The van der Waals surface area contributed by atoms with E-state index < -0.39 is 32.0 Å². The van der Waals surface area contributed by atoms with Crippen molar-refractivity contribution < 1.29 is 26.4 Å². The van der Waals surface area contributed by atoms with E-state index in [1.54, 1.807) is 30.3 Å². The summed E-state index contributed by atoms with van der Waals surface area (Å²) in [5, 5.41) is 2.69. The predicted molar refractivity (Wildman–Crippen MR) is 131 cm³/mol. The van der Waals surface area contributed by atoms with Gasteiger partial charge in [-0.1, -0.05) is 12.1 Å². The molecule has 0 radical (unpaired) electrons. The summed E-state index contributed by atoms with van der Waals surface area (Å²) >= 11 is 0. The second-order valence-electron chi connectivity index (χ2n) is 8.30. The molecule has 0 aromatic heterocycles. The Morgan fingerprint density at radius 3 is 2.32 bits per heavy atom. The van der Waals surface area contributed by atoms with E-state index in [1.165, 1.54) is 23.4 Å². The number of ether oxygens (including phenoxy) is 1. The van der Waals surface area contributed by atoms with Crippen LogP contribution in [0.25, 0.3) is 0 Å². The van der Waals surface area contributed by atoms with Crippen molar-refractivity contribution in [1.29, 1.82) is 0 Å². The molecule has 0 aliphatic carbocycles. The third kappa shape index (κ3) is 6.28. The molecule has 0 unspecified atom stereocenters. The van der Waals surface area contributed by atoms with Crippen LogP contribution in [-0.4, -0.2) is 65.6 Å². The first-order valence-electron chi connectivity index (χ1n) is 11.1. The number of benzene rings is 2. The van der Waals surface area contributed by atoms with Gasteiger partial charge in [0, 0.05) is 13.1 Å². The lowest BCUT2D eigenvalue weighted by atomic mass is 10.2. The minimum Gasteiger partial charge on any atom is -0.492 e. The Morgan fingerprint density at radius 2 is 1.74 bits per heavy atom. The molecule has 11 heteroatoms. The zero-order chi connectivity index (χ0) is 24.9. The highest BCUT2D eigenvalue weighted by Gasteiger charge is 2.29. The maximum atomic E-state index is 12.6. The molecule has 2 aromatic rings. The van der Waals surface area contributed by atoms with Crippen LogP contribution < -0.4 is 14.4 Å². The van der Waals surface area contributed by atoms with E-state index in [0.717, 1.165) is 29.0 Å². The van der Waals surface area contributed by atoms with Crippen LogP contribution in [0.1, 0.15) is 25.3 Å². The molecule has 1 aliphatic heterocycles. The van der Waals surface area contributed by atoms with Crippen molar-refractivity contribution in [2.75, 3.05) is 36.8 Å². The van der Waals surface area contributed by atoms with Crippen molar-refractivity contribution in [3.63, 3.8) is 0 Å². The van der Waals surface area contributed by atoms with Crippen LogP contribution in [0.2, 0.25) is 0 Å². The van der Waals surface area contributed by atoms with Crippen LogP contribution in [-0.2, 0) is 24.8 Å². The zero-order valence-electron chi connectivity index (χ0n) is 19.6. The summed E-state index contributed by atoms with van der Waals surface area (Å²) in [5.74, 6) is 0.0165. The van der Waals surface area contributed by atoms with E-state index >= 15 is 0 Å². The van der Waals surface area contributed by atoms with Crippen LogP contribution in [0.3, 0.4) is 0 Å². The smallest absolute Gasteiger partial charge is 0.243 e.